The highest BCUT2D eigenvalue weighted by Crippen LogP contribution is 2.17. The van der Waals surface area contributed by atoms with Gasteiger partial charge in [0.1, 0.15) is 12.4 Å². The molecule has 33 heavy (non-hydrogen) atoms. The standard InChI is InChI=1S/C25H36N4O3S/c1-26(2)24(30)9-10-25(31)29-13-11-28(12-14-29)15-16-32-22-7-4-6-21(18-22)19-27(3)20-23-8-5-17-33-23/h4-8,17-18H,9-16,19-20H2,1-3H3. The Balaban J connectivity index is 1.34. The summed E-state index contributed by atoms with van der Waals surface area (Å²) in [6.07, 6.45) is 0.571. The van der Waals surface area contributed by atoms with Crippen LogP contribution in [0.25, 0.3) is 0 Å². The molecule has 1 aliphatic heterocycles. The summed E-state index contributed by atoms with van der Waals surface area (Å²) in [6.45, 7) is 6.38. The summed E-state index contributed by atoms with van der Waals surface area (Å²) in [5.74, 6) is 0.968. The number of piperazine rings is 1. The average Bonchev–Trinajstić information content (AvgIpc) is 3.30. The van der Waals surface area contributed by atoms with E-state index in [2.05, 4.69) is 52.6 Å². The number of thiophene rings is 1. The molecular formula is C25H36N4O3S. The van der Waals surface area contributed by atoms with Gasteiger partial charge in [0, 0.05) is 77.6 Å². The minimum absolute atomic E-state index is 0.00245. The highest BCUT2D eigenvalue weighted by molar-refractivity contribution is 7.09. The summed E-state index contributed by atoms with van der Waals surface area (Å²) in [5.41, 5.74) is 1.24. The van der Waals surface area contributed by atoms with E-state index in [4.69, 9.17) is 4.74 Å². The third-order valence-electron chi connectivity index (χ3n) is 5.81. The van der Waals surface area contributed by atoms with Crippen molar-refractivity contribution < 1.29 is 14.3 Å². The highest BCUT2D eigenvalue weighted by Gasteiger charge is 2.21. The predicted octanol–water partition coefficient (Wildman–Crippen LogP) is 2.77. The highest BCUT2D eigenvalue weighted by atomic mass is 32.1. The van der Waals surface area contributed by atoms with Crippen LogP contribution < -0.4 is 4.74 Å². The molecule has 0 unspecified atom stereocenters. The molecule has 0 N–H and O–H groups in total. The first kappa shape index (κ1) is 25.2. The molecule has 1 aromatic heterocycles. The molecule has 2 amide bonds. The normalized spacial score (nSPS) is 14.5. The molecule has 1 fully saturated rings. The van der Waals surface area contributed by atoms with Gasteiger partial charge in [0.15, 0.2) is 0 Å². The van der Waals surface area contributed by atoms with Crippen molar-refractivity contribution >= 4 is 23.2 Å². The van der Waals surface area contributed by atoms with Gasteiger partial charge in [0.2, 0.25) is 11.8 Å². The number of amides is 2. The van der Waals surface area contributed by atoms with Crippen LogP contribution in [0.4, 0.5) is 0 Å². The zero-order valence-electron chi connectivity index (χ0n) is 20.0. The molecule has 0 aliphatic carbocycles. The van der Waals surface area contributed by atoms with Crippen LogP contribution in [0.1, 0.15) is 23.3 Å². The van der Waals surface area contributed by atoms with Crippen molar-refractivity contribution in [3.8, 4) is 5.75 Å². The fourth-order valence-electron chi connectivity index (χ4n) is 3.88. The minimum Gasteiger partial charge on any atom is -0.492 e. The number of rotatable bonds is 11. The quantitative estimate of drug-likeness (QED) is 0.503. The van der Waals surface area contributed by atoms with Crippen molar-refractivity contribution in [1.82, 2.24) is 19.6 Å². The molecule has 7 nitrogen and oxygen atoms in total. The van der Waals surface area contributed by atoms with Gasteiger partial charge in [0.25, 0.3) is 0 Å². The van der Waals surface area contributed by atoms with E-state index in [0.717, 1.165) is 38.5 Å². The molecule has 0 radical (unpaired) electrons. The number of carbonyl (C=O) groups is 2. The Morgan fingerprint density at radius 3 is 2.48 bits per heavy atom. The van der Waals surface area contributed by atoms with E-state index >= 15 is 0 Å². The lowest BCUT2D eigenvalue weighted by atomic mass is 10.2. The van der Waals surface area contributed by atoms with Gasteiger partial charge in [0.05, 0.1) is 0 Å². The Hall–Kier alpha value is -2.42. The van der Waals surface area contributed by atoms with E-state index in [-0.39, 0.29) is 18.2 Å². The molecule has 0 atom stereocenters. The average molecular weight is 473 g/mol. The Morgan fingerprint density at radius 2 is 1.79 bits per heavy atom. The zero-order valence-corrected chi connectivity index (χ0v) is 20.9. The molecule has 0 spiro atoms. The molecule has 1 aliphatic rings. The van der Waals surface area contributed by atoms with E-state index in [1.165, 1.54) is 15.3 Å². The molecule has 180 valence electrons. The van der Waals surface area contributed by atoms with Crippen molar-refractivity contribution in [3.05, 3.63) is 52.2 Å². The maximum Gasteiger partial charge on any atom is 0.223 e. The van der Waals surface area contributed by atoms with Crippen molar-refractivity contribution in [2.24, 2.45) is 0 Å². The number of nitrogens with zero attached hydrogens (tertiary/aromatic N) is 4. The minimum atomic E-state index is -0.00245. The second-order valence-corrected chi connectivity index (χ2v) is 9.79. The van der Waals surface area contributed by atoms with Gasteiger partial charge in [-0.1, -0.05) is 18.2 Å². The smallest absolute Gasteiger partial charge is 0.223 e. The Morgan fingerprint density at radius 1 is 1.00 bits per heavy atom. The zero-order chi connectivity index (χ0) is 23.6. The van der Waals surface area contributed by atoms with E-state index in [1.807, 2.05) is 11.0 Å². The van der Waals surface area contributed by atoms with Crippen LogP contribution in [-0.2, 0) is 22.7 Å². The van der Waals surface area contributed by atoms with Crippen LogP contribution in [0, 0.1) is 0 Å². The number of hydrogen-bond acceptors (Lipinski definition) is 6. The van der Waals surface area contributed by atoms with Crippen molar-refractivity contribution in [1.29, 1.82) is 0 Å². The van der Waals surface area contributed by atoms with Gasteiger partial charge in [-0.15, -0.1) is 11.3 Å². The van der Waals surface area contributed by atoms with Crippen molar-refractivity contribution in [2.45, 2.75) is 25.9 Å². The molecule has 3 rings (SSSR count). The van der Waals surface area contributed by atoms with E-state index in [0.29, 0.717) is 26.1 Å². The largest absolute Gasteiger partial charge is 0.492 e. The first-order valence-corrected chi connectivity index (χ1v) is 12.4. The van der Waals surface area contributed by atoms with Crippen LogP contribution in [0.15, 0.2) is 41.8 Å². The van der Waals surface area contributed by atoms with Gasteiger partial charge in [-0.2, -0.15) is 0 Å². The summed E-state index contributed by atoms with van der Waals surface area (Å²) in [7, 11) is 5.57. The van der Waals surface area contributed by atoms with Gasteiger partial charge < -0.3 is 14.5 Å². The molecule has 0 bridgehead atoms. The summed E-state index contributed by atoms with van der Waals surface area (Å²) in [6, 6.07) is 12.6. The Bertz CT molecular complexity index is 880. The number of benzene rings is 1. The van der Waals surface area contributed by atoms with E-state index in [9.17, 15) is 9.59 Å². The van der Waals surface area contributed by atoms with Crippen LogP contribution in [-0.4, -0.2) is 91.9 Å². The van der Waals surface area contributed by atoms with Crippen LogP contribution in [0.5, 0.6) is 5.75 Å². The van der Waals surface area contributed by atoms with Gasteiger partial charge in [-0.3, -0.25) is 19.4 Å². The maximum absolute atomic E-state index is 12.3. The lowest BCUT2D eigenvalue weighted by Crippen LogP contribution is -2.49. The van der Waals surface area contributed by atoms with E-state index < -0.39 is 0 Å². The molecule has 1 aromatic carbocycles. The van der Waals surface area contributed by atoms with Crippen LogP contribution >= 0.6 is 11.3 Å². The number of carbonyl (C=O) groups excluding carboxylic acids is 2. The summed E-state index contributed by atoms with van der Waals surface area (Å²) in [5, 5.41) is 2.12. The van der Waals surface area contributed by atoms with Crippen molar-refractivity contribution in [2.75, 3.05) is 60.5 Å². The number of ether oxygens (including phenoxy) is 1. The summed E-state index contributed by atoms with van der Waals surface area (Å²) < 4.78 is 6.02. The molecule has 2 aromatic rings. The van der Waals surface area contributed by atoms with E-state index in [1.54, 1.807) is 25.4 Å². The monoisotopic (exact) mass is 472 g/mol. The first-order valence-electron chi connectivity index (χ1n) is 11.5. The summed E-state index contributed by atoms with van der Waals surface area (Å²) in [4.78, 5) is 33.4. The topological polar surface area (TPSA) is 56.3 Å². The maximum atomic E-state index is 12.3. The number of hydrogen-bond donors (Lipinski definition) is 0. The van der Waals surface area contributed by atoms with Crippen LogP contribution in [0.2, 0.25) is 0 Å². The molecule has 1 saturated heterocycles. The molecule has 8 heteroatoms. The predicted molar refractivity (Wildman–Crippen MR) is 132 cm³/mol. The first-order chi connectivity index (χ1) is 15.9. The third kappa shape index (κ3) is 8.46. The lowest BCUT2D eigenvalue weighted by molar-refractivity contribution is -0.137. The lowest BCUT2D eigenvalue weighted by Gasteiger charge is -2.34. The Kier molecular flexibility index (Phi) is 9.72. The van der Waals surface area contributed by atoms with Crippen molar-refractivity contribution in [3.63, 3.8) is 0 Å². The second-order valence-electron chi connectivity index (χ2n) is 8.76. The third-order valence-corrected chi connectivity index (χ3v) is 6.67. The van der Waals surface area contributed by atoms with Crippen LogP contribution in [0.3, 0.4) is 0 Å². The fourth-order valence-corrected chi connectivity index (χ4v) is 4.66. The summed E-state index contributed by atoms with van der Waals surface area (Å²) >= 11 is 1.79. The molecule has 2 heterocycles. The van der Waals surface area contributed by atoms with Gasteiger partial charge in [-0.25, -0.2) is 0 Å². The fraction of sp³-hybridized carbons (Fsp3) is 0.520. The Labute approximate surface area is 201 Å². The second kappa shape index (κ2) is 12.7. The molecular weight excluding hydrogens is 436 g/mol. The molecule has 0 saturated carbocycles. The SMILES string of the molecule is CN(Cc1cccc(OCCN2CCN(C(=O)CCC(=O)N(C)C)CC2)c1)Cc1cccs1. The van der Waals surface area contributed by atoms with Gasteiger partial charge >= 0.3 is 0 Å². The van der Waals surface area contributed by atoms with Gasteiger partial charge in [-0.05, 0) is 36.2 Å².